The molecule has 5 rings (SSSR count). The fourth-order valence-electron chi connectivity index (χ4n) is 5.26. The molecule has 1 aromatic carbocycles. The molecule has 0 radical (unpaired) electrons. The minimum absolute atomic E-state index is 0.0462. The van der Waals surface area contributed by atoms with Crippen molar-refractivity contribution in [1.82, 2.24) is 24.6 Å². The van der Waals surface area contributed by atoms with Gasteiger partial charge in [-0.3, -0.25) is 9.48 Å². The summed E-state index contributed by atoms with van der Waals surface area (Å²) in [7, 11) is -1.96. The molecule has 0 saturated carbocycles. The van der Waals surface area contributed by atoms with Crippen molar-refractivity contribution in [1.29, 1.82) is 5.26 Å². The number of fused-ring (bicyclic) bond motifs is 2. The second-order valence-corrected chi connectivity index (χ2v) is 18.5. The zero-order valence-corrected chi connectivity index (χ0v) is 27.0. The molecule has 0 spiro atoms. The summed E-state index contributed by atoms with van der Waals surface area (Å²) >= 11 is 0. The lowest BCUT2D eigenvalue weighted by molar-refractivity contribution is 0.0677. The Morgan fingerprint density at radius 3 is 2.71 bits per heavy atom. The number of hydrogen-bond donors (Lipinski definition) is 2. The van der Waals surface area contributed by atoms with Gasteiger partial charge in [0.05, 0.1) is 35.4 Å². The van der Waals surface area contributed by atoms with Gasteiger partial charge in [-0.1, -0.05) is 41.5 Å². The van der Waals surface area contributed by atoms with Crippen LogP contribution < -0.4 is 10.6 Å². The first-order chi connectivity index (χ1) is 19.7. The molecule has 0 bridgehead atoms. The highest BCUT2D eigenvalue weighted by Gasteiger charge is 2.42. The van der Waals surface area contributed by atoms with Crippen LogP contribution in [0.25, 0.3) is 11.3 Å². The number of nitriles is 1. The Labute approximate surface area is 249 Å². The Kier molecular flexibility index (Phi) is 7.66. The zero-order valence-electron chi connectivity index (χ0n) is 26.0. The predicted octanol–water partition coefficient (Wildman–Crippen LogP) is 5.77. The van der Waals surface area contributed by atoms with Gasteiger partial charge < -0.3 is 20.0 Å². The maximum Gasteiger partial charge on any atom is 0.274 e. The van der Waals surface area contributed by atoms with Gasteiger partial charge in [-0.15, -0.1) is 0 Å². The highest BCUT2D eigenvalue weighted by atomic mass is 28.4. The average molecular weight is 587 g/mol. The van der Waals surface area contributed by atoms with Gasteiger partial charge in [0.15, 0.2) is 8.32 Å². The van der Waals surface area contributed by atoms with E-state index in [0.29, 0.717) is 67.3 Å². The van der Waals surface area contributed by atoms with Gasteiger partial charge in [0.2, 0.25) is 5.95 Å². The van der Waals surface area contributed by atoms with Crippen LogP contribution >= 0.6 is 0 Å². The second-order valence-electron chi connectivity index (χ2n) is 13.7. The molecule has 2 N–H and O–H groups in total. The molecule has 1 amide bonds. The van der Waals surface area contributed by atoms with Crippen LogP contribution in [0.4, 0.5) is 17.3 Å². The third-order valence-electron chi connectivity index (χ3n) is 8.82. The molecular weight excluding hydrogens is 544 g/mol. The van der Waals surface area contributed by atoms with Crippen LogP contribution in [-0.4, -0.2) is 65.1 Å². The third-order valence-corrected chi connectivity index (χ3v) is 13.3. The number of nitrogens with one attached hydrogen (secondary N) is 2. The predicted molar refractivity (Wildman–Crippen MR) is 167 cm³/mol. The summed E-state index contributed by atoms with van der Waals surface area (Å²) in [5.74, 6) is 0.689. The number of amides is 1. The Morgan fingerprint density at radius 2 is 2.02 bits per heavy atom. The Morgan fingerprint density at radius 1 is 1.26 bits per heavy atom. The Hall–Kier alpha value is -3.75. The van der Waals surface area contributed by atoms with Crippen molar-refractivity contribution in [3.05, 3.63) is 47.4 Å². The minimum Gasteiger partial charge on any atom is -0.416 e. The van der Waals surface area contributed by atoms with E-state index in [1.165, 1.54) is 0 Å². The van der Waals surface area contributed by atoms with E-state index in [9.17, 15) is 10.1 Å². The molecule has 222 valence electrons. The van der Waals surface area contributed by atoms with Crippen LogP contribution in [0.3, 0.4) is 0 Å². The van der Waals surface area contributed by atoms with E-state index >= 15 is 0 Å². The quantitative estimate of drug-likeness (QED) is 0.319. The molecular formula is C31H42N8O2Si. The molecule has 0 fully saturated rings. The van der Waals surface area contributed by atoms with E-state index in [4.69, 9.17) is 9.41 Å². The first-order valence-electron chi connectivity index (χ1n) is 14.6. The van der Waals surface area contributed by atoms with Crippen molar-refractivity contribution in [2.24, 2.45) is 5.92 Å². The summed E-state index contributed by atoms with van der Waals surface area (Å²) in [4.78, 5) is 24.3. The molecule has 11 heteroatoms. The summed E-state index contributed by atoms with van der Waals surface area (Å²) in [6, 6.07) is 8.19. The summed E-state index contributed by atoms with van der Waals surface area (Å²) in [6.07, 6.45) is 3.34. The average Bonchev–Trinajstić information content (AvgIpc) is 3.49. The summed E-state index contributed by atoms with van der Waals surface area (Å²) in [5, 5.41) is 21.3. The van der Waals surface area contributed by atoms with E-state index in [2.05, 4.69) is 87.5 Å². The molecule has 4 heterocycles. The molecule has 0 saturated heterocycles. The van der Waals surface area contributed by atoms with Gasteiger partial charge in [-0.2, -0.15) is 10.4 Å². The summed E-state index contributed by atoms with van der Waals surface area (Å²) < 4.78 is 8.40. The van der Waals surface area contributed by atoms with Gasteiger partial charge in [-0.05, 0) is 47.8 Å². The molecule has 0 unspecified atom stereocenters. The number of rotatable bonds is 8. The highest BCUT2D eigenvalue weighted by Crippen LogP contribution is 2.44. The lowest BCUT2D eigenvalue weighted by Crippen LogP contribution is -2.45. The number of hydrogen-bond acceptors (Lipinski definition) is 8. The summed E-state index contributed by atoms with van der Waals surface area (Å²) in [5.41, 5.74) is 4.82. The van der Waals surface area contributed by atoms with Gasteiger partial charge >= 0.3 is 0 Å². The Bertz CT molecular complexity index is 1550. The van der Waals surface area contributed by atoms with Crippen molar-refractivity contribution >= 4 is 31.5 Å². The van der Waals surface area contributed by atoms with E-state index in [1.54, 1.807) is 17.1 Å². The molecule has 2 aliphatic rings. The van der Waals surface area contributed by atoms with Crippen LogP contribution in [0.1, 0.15) is 63.2 Å². The van der Waals surface area contributed by atoms with Gasteiger partial charge in [0.25, 0.3) is 5.91 Å². The summed E-state index contributed by atoms with van der Waals surface area (Å²) in [6.45, 7) is 20.9. The molecule has 2 aliphatic heterocycles. The van der Waals surface area contributed by atoms with Crippen LogP contribution in [0.2, 0.25) is 18.1 Å². The smallest absolute Gasteiger partial charge is 0.274 e. The van der Waals surface area contributed by atoms with E-state index in [-0.39, 0.29) is 16.4 Å². The standard InChI is InChI=1S/C31H42N8O2Si/c1-20(2)17-38-11-12-39-27(28(38)40)25(16-35-39)37-29-33-10-9-24(36-29)21-13-22(15-32)26-23(14-21)31(6,18-34-26)19-41-42(7,8)30(3,4)5/h9-10,13-14,16,20,34H,11-12,17-19H2,1-8H3,(H,33,36,37)/t31-/m1/s1. The van der Waals surface area contributed by atoms with E-state index in [0.717, 1.165) is 16.8 Å². The third kappa shape index (κ3) is 5.53. The van der Waals surface area contributed by atoms with Crippen LogP contribution in [0, 0.1) is 17.2 Å². The van der Waals surface area contributed by atoms with Crippen LogP contribution in [0.15, 0.2) is 30.6 Å². The first-order valence-corrected chi connectivity index (χ1v) is 17.6. The lowest BCUT2D eigenvalue weighted by atomic mass is 9.83. The number of aromatic nitrogens is 4. The normalized spacial score (nSPS) is 18.5. The first kappa shape index (κ1) is 29.7. The fourth-order valence-corrected chi connectivity index (χ4v) is 6.37. The van der Waals surface area contributed by atoms with Gasteiger partial charge in [0.1, 0.15) is 11.8 Å². The van der Waals surface area contributed by atoms with Crippen molar-refractivity contribution < 1.29 is 9.22 Å². The monoisotopic (exact) mass is 586 g/mol. The number of carbonyl (C=O) groups excluding carboxylic acids is 1. The van der Waals surface area contributed by atoms with Gasteiger partial charge in [0, 0.05) is 43.4 Å². The maximum absolute atomic E-state index is 13.3. The molecule has 2 aromatic heterocycles. The number of benzene rings is 1. The number of anilines is 3. The largest absolute Gasteiger partial charge is 0.416 e. The van der Waals surface area contributed by atoms with Gasteiger partial charge in [-0.25, -0.2) is 9.97 Å². The molecule has 42 heavy (non-hydrogen) atoms. The molecule has 0 aliphatic carbocycles. The molecule has 1 atom stereocenters. The van der Waals surface area contributed by atoms with E-state index < -0.39 is 8.32 Å². The van der Waals surface area contributed by atoms with Crippen molar-refractivity contribution in [2.45, 2.75) is 71.6 Å². The number of carbonyl (C=O) groups is 1. The fraction of sp³-hybridized carbons (Fsp3) is 0.516. The van der Waals surface area contributed by atoms with Crippen molar-refractivity contribution in [2.75, 3.05) is 36.9 Å². The second kappa shape index (κ2) is 10.8. The van der Waals surface area contributed by atoms with Crippen LogP contribution in [-0.2, 0) is 16.4 Å². The highest BCUT2D eigenvalue weighted by molar-refractivity contribution is 6.74. The number of nitrogens with zero attached hydrogens (tertiary/aromatic N) is 6. The van der Waals surface area contributed by atoms with E-state index in [1.807, 2.05) is 17.0 Å². The lowest BCUT2D eigenvalue weighted by Gasteiger charge is -2.39. The molecule has 3 aromatic rings. The molecule has 10 nitrogen and oxygen atoms in total. The van der Waals surface area contributed by atoms with Crippen molar-refractivity contribution in [3.8, 4) is 17.3 Å². The maximum atomic E-state index is 13.3. The van der Waals surface area contributed by atoms with Crippen LogP contribution in [0.5, 0.6) is 0 Å². The van der Waals surface area contributed by atoms with Crippen molar-refractivity contribution in [3.63, 3.8) is 0 Å². The minimum atomic E-state index is -1.96. The zero-order chi connectivity index (χ0) is 30.4. The SMILES string of the molecule is CC(C)CN1CCn2ncc(Nc3nccc(-c4cc(C#N)c5c(c4)[C@@](C)(CO[Si](C)(C)C(C)(C)C)CN5)n3)c2C1=O. The topological polar surface area (TPSA) is 121 Å². The Balaban J connectivity index is 1.44.